The third kappa shape index (κ3) is 4.71. The number of amides is 1. The fourth-order valence-electron chi connectivity index (χ4n) is 3.28. The molecule has 0 aromatic heterocycles. The first-order valence-electron chi connectivity index (χ1n) is 9.13. The molecule has 0 unspecified atom stereocenters. The molecule has 0 saturated carbocycles. The number of nitrogens with zero attached hydrogens (tertiary/aromatic N) is 1. The minimum atomic E-state index is -4.01. The maximum Gasteiger partial charge on any atom is 0.246 e. The van der Waals surface area contributed by atoms with Gasteiger partial charge in [0.2, 0.25) is 15.9 Å². The Kier molecular flexibility index (Phi) is 6.45. The van der Waals surface area contributed by atoms with Crippen molar-refractivity contribution in [2.24, 2.45) is 5.92 Å². The third-order valence-electron chi connectivity index (χ3n) is 4.94. The Labute approximate surface area is 174 Å². The van der Waals surface area contributed by atoms with Gasteiger partial charge in [-0.1, -0.05) is 17.7 Å². The van der Waals surface area contributed by atoms with Gasteiger partial charge in [0.25, 0.3) is 0 Å². The second-order valence-electron chi connectivity index (χ2n) is 6.95. The minimum Gasteiger partial charge on any atom is -0.495 e. The normalized spacial score (nSPS) is 17.7. The van der Waals surface area contributed by atoms with Crippen molar-refractivity contribution in [2.75, 3.05) is 25.5 Å². The second-order valence-corrected chi connectivity index (χ2v) is 9.26. The van der Waals surface area contributed by atoms with Crippen molar-refractivity contribution < 1.29 is 22.3 Å². The van der Waals surface area contributed by atoms with Gasteiger partial charge in [-0.05, 0) is 55.7 Å². The highest BCUT2D eigenvalue weighted by molar-refractivity contribution is 7.89. The number of carbonyl (C=O) groups excluding carboxylic acids is 1. The van der Waals surface area contributed by atoms with Gasteiger partial charge in [-0.25, -0.2) is 12.8 Å². The zero-order chi connectivity index (χ0) is 21.2. The molecule has 1 N–H and O–H groups in total. The van der Waals surface area contributed by atoms with Gasteiger partial charge in [-0.3, -0.25) is 4.79 Å². The minimum absolute atomic E-state index is 0.00737. The predicted octanol–water partition coefficient (Wildman–Crippen LogP) is 3.84. The fraction of sp³-hybridized carbons (Fsp3) is 0.350. The van der Waals surface area contributed by atoms with Crippen LogP contribution in [0, 0.1) is 18.7 Å². The Morgan fingerprint density at radius 1 is 1.28 bits per heavy atom. The van der Waals surface area contributed by atoms with Crippen molar-refractivity contribution in [1.82, 2.24) is 4.31 Å². The first kappa shape index (κ1) is 21.5. The summed E-state index contributed by atoms with van der Waals surface area (Å²) in [7, 11) is -2.69. The Morgan fingerprint density at radius 3 is 2.72 bits per heavy atom. The van der Waals surface area contributed by atoms with Gasteiger partial charge < -0.3 is 10.1 Å². The molecule has 3 rings (SSSR count). The summed E-state index contributed by atoms with van der Waals surface area (Å²) < 4.78 is 46.1. The number of nitrogens with one attached hydrogen (secondary N) is 1. The molecule has 0 spiro atoms. The average Bonchev–Trinajstić information content (AvgIpc) is 2.70. The quantitative estimate of drug-likeness (QED) is 0.766. The Morgan fingerprint density at radius 2 is 2.03 bits per heavy atom. The molecule has 156 valence electrons. The molecule has 1 saturated heterocycles. The van der Waals surface area contributed by atoms with E-state index in [1.54, 1.807) is 18.2 Å². The maximum atomic E-state index is 13.7. The van der Waals surface area contributed by atoms with Crippen LogP contribution in [0.5, 0.6) is 5.75 Å². The van der Waals surface area contributed by atoms with Crippen LogP contribution in [0.25, 0.3) is 0 Å². The van der Waals surface area contributed by atoms with E-state index in [1.165, 1.54) is 17.5 Å². The van der Waals surface area contributed by atoms with E-state index >= 15 is 0 Å². The van der Waals surface area contributed by atoms with Crippen molar-refractivity contribution in [3.63, 3.8) is 0 Å². The number of hydrogen-bond donors (Lipinski definition) is 1. The van der Waals surface area contributed by atoms with Crippen LogP contribution in [-0.2, 0) is 14.8 Å². The predicted molar refractivity (Wildman–Crippen MR) is 109 cm³/mol. The number of ether oxygens (including phenoxy) is 1. The van der Waals surface area contributed by atoms with Crippen LogP contribution < -0.4 is 10.1 Å². The summed E-state index contributed by atoms with van der Waals surface area (Å²) in [6.45, 7) is 2.12. The summed E-state index contributed by atoms with van der Waals surface area (Å²) in [5.74, 6) is -1.42. The molecule has 1 heterocycles. The number of anilines is 1. The maximum absolute atomic E-state index is 13.7. The van der Waals surface area contributed by atoms with Gasteiger partial charge in [-0.2, -0.15) is 4.31 Å². The summed E-state index contributed by atoms with van der Waals surface area (Å²) in [5, 5.41) is 3.33. The Bertz CT molecular complexity index is 1030. The number of sulfonamides is 1. The SMILES string of the molecule is COc1ccc(F)cc1S(=O)(=O)N1CCC[C@H](C(=O)Nc2ccc(C)c(Cl)c2)C1. The highest BCUT2D eigenvalue weighted by atomic mass is 35.5. The van der Waals surface area contributed by atoms with Gasteiger partial charge in [0.05, 0.1) is 13.0 Å². The van der Waals surface area contributed by atoms with Gasteiger partial charge in [0, 0.05) is 23.8 Å². The molecule has 2 aromatic rings. The van der Waals surface area contributed by atoms with Crippen molar-refractivity contribution in [3.8, 4) is 5.75 Å². The van der Waals surface area contributed by atoms with Crippen LogP contribution in [0.4, 0.5) is 10.1 Å². The van der Waals surface area contributed by atoms with E-state index in [9.17, 15) is 17.6 Å². The first-order valence-corrected chi connectivity index (χ1v) is 10.9. The number of carbonyl (C=O) groups is 1. The molecule has 29 heavy (non-hydrogen) atoms. The van der Waals surface area contributed by atoms with Crippen molar-refractivity contribution in [1.29, 1.82) is 0 Å². The Balaban J connectivity index is 1.78. The molecule has 0 radical (unpaired) electrons. The van der Waals surface area contributed by atoms with Crippen LogP contribution in [-0.4, -0.2) is 38.8 Å². The lowest BCUT2D eigenvalue weighted by atomic mass is 9.98. The number of benzene rings is 2. The van der Waals surface area contributed by atoms with E-state index < -0.39 is 21.8 Å². The van der Waals surface area contributed by atoms with Crippen LogP contribution in [0.2, 0.25) is 5.02 Å². The number of rotatable bonds is 5. The largest absolute Gasteiger partial charge is 0.495 e. The first-order chi connectivity index (χ1) is 13.7. The molecule has 1 aliphatic heterocycles. The highest BCUT2D eigenvalue weighted by Gasteiger charge is 2.35. The van der Waals surface area contributed by atoms with E-state index in [4.69, 9.17) is 16.3 Å². The Hall–Kier alpha value is -2.16. The number of methoxy groups -OCH3 is 1. The van der Waals surface area contributed by atoms with E-state index in [-0.39, 0.29) is 29.6 Å². The van der Waals surface area contributed by atoms with Crippen LogP contribution >= 0.6 is 11.6 Å². The lowest BCUT2D eigenvalue weighted by molar-refractivity contribution is -0.120. The van der Waals surface area contributed by atoms with Crippen molar-refractivity contribution >= 4 is 33.2 Å². The molecule has 1 amide bonds. The smallest absolute Gasteiger partial charge is 0.246 e. The van der Waals surface area contributed by atoms with Crippen LogP contribution in [0.1, 0.15) is 18.4 Å². The fourth-order valence-corrected chi connectivity index (χ4v) is 5.15. The molecule has 1 atom stereocenters. The molecular formula is C20H22ClFN2O4S. The molecule has 6 nitrogen and oxygen atoms in total. The molecule has 1 aliphatic rings. The molecule has 0 bridgehead atoms. The van der Waals surface area contributed by atoms with E-state index in [0.717, 1.165) is 17.7 Å². The molecule has 1 fully saturated rings. The third-order valence-corrected chi connectivity index (χ3v) is 7.23. The molecule has 0 aliphatic carbocycles. The summed E-state index contributed by atoms with van der Waals surface area (Å²) >= 11 is 6.09. The highest BCUT2D eigenvalue weighted by Crippen LogP contribution is 2.31. The number of halogens is 2. The lowest BCUT2D eigenvalue weighted by Crippen LogP contribution is -2.43. The number of aryl methyl sites for hydroxylation is 1. The standard InChI is InChI=1S/C20H22ClFN2O4S/c1-13-5-7-16(11-17(13)21)23-20(25)14-4-3-9-24(12-14)29(26,27)19-10-15(22)6-8-18(19)28-2/h5-8,10-11,14H,3-4,9,12H2,1-2H3,(H,23,25)/t14-/m0/s1. The van der Waals surface area contributed by atoms with Gasteiger partial charge >= 0.3 is 0 Å². The summed E-state index contributed by atoms with van der Waals surface area (Å²) in [5.41, 5.74) is 1.45. The zero-order valence-corrected chi connectivity index (χ0v) is 17.7. The average molecular weight is 441 g/mol. The second kappa shape index (κ2) is 8.69. The topological polar surface area (TPSA) is 75.7 Å². The van der Waals surface area contributed by atoms with E-state index in [1.807, 2.05) is 6.92 Å². The van der Waals surface area contributed by atoms with E-state index in [0.29, 0.717) is 23.6 Å². The van der Waals surface area contributed by atoms with E-state index in [2.05, 4.69) is 5.32 Å². The van der Waals surface area contributed by atoms with Crippen LogP contribution in [0.3, 0.4) is 0 Å². The van der Waals surface area contributed by atoms with Gasteiger partial charge in [0.1, 0.15) is 16.5 Å². The van der Waals surface area contributed by atoms with Crippen molar-refractivity contribution in [2.45, 2.75) is 24.7 Å². The molecule has 9 heteroatoms. The van der Waals surface area contributed by atoms with Gasteiger partial charge in [-0.15, -0.1) is 0 Å². The van der Waals surface area contributed by atoms with Gasteiger partial charge in [0.15, 0.2) is 0 Å². The number of piperidine rings is 1. The summed E-state index contributed by atoms with van der Waals surface area (Å²) in [6, 6.07) is 8.55. The monoisotopic (exact) mass is 440 g/mol. The molecular weight excluding hydrogens is 419 g/mol. The lowest BCUT2D eigenvalue weighted by Gasteiger charge is -2.31. The number of hydrogen-bond acceptors (Lipinski definition) is 4. The molecule has 2 aromatic carbocycles. The summed E-state index contributed by atoms with van der Waals surface area (Å²) in [4.78, 5) is 12.4. The summed E-state index contributed by atoms with van der Waals surface area (Å²) in [6.07, 6.45) is 1.07. The van der Waals surface area contributed by atoms with Crippen LogP contribution in [0.15, 0.2) is 41.3 Å². The zero-order valence-electron chi connectivity index (χ0n) is 16.1. The van der Waals surface area contributed by atoms with Crippen molar-refractivity contribution in [3.05, 3.63) is 52.8 Å².